The standard InChI is InChI=1S/C21H26N2O6/c1-21(2,3)29-20(26)23-15(12-14-8-6-5-7-9-14)13-28-16-10-11-22-18(27-4)17(16)19(24)25/h5-11,15H,12-13H2,1-4H3,(H,23,26)(H,24,25). The van der Waals surface area contributed by atoms with Crippen molar-refractivity contribution >= 4 is 12.1 Å². The zero-order valence-electron chi connectivity index (χ0n) is 17.0. The van der Waals surface area contributed by atoms with E-state index in [1.165, 1.54) is 19.4 Å². The molecule has 1 amide bonds. The van der Waals surface area contributed by atoms with Crippen LogP contribution in [0.5, 0.6) is 11.6 Å². The van der Waals surface area contributed by atoms with Crippen LogP contribution in [0.2, 0.25) is 0 Å². The highest BCUT2D eigenvalue weighted by atomic mass is 16.6. The quantitative estimate of drug-likeness (QED) is 0.697. The SMILES string of the molecule is COc1nccc(OCC(Cc2ccccc2)NC(=O)OC(C)(C)C)c1C(=O)O. The summed E-state index contributed by atoms with van der Waals surface area (Å²) in [6.07, 6.45) is 1.30. The molecule has 2 aromatic rings. The number of carboxylic acid groups (broad SMARTS) is 1. The van der Waals surface area contributed by atoms with Gasteiger partial charge in [0.05, 0.1) is 13.2 Å². The lowest BCUT2D eigenvalue weighted by molar-refractivity contribution is 0.0485. The van der Waals surface area contributed by atoms with Gasteiger partial charge in [-0.2, -0.15) is 0 Å². The molecule has 0 saturated heterocycles. The van der Waals surface area contributed by atoms with Gasteiger partial charge in [0.1, 0.15) is 18.0 Å². The lowest BCUT2D eigenvalue weighted by Crippen LogP contribution is -2.43. The number of methoxy groups -OCH3 is 1. The van der Waals surface area contributed by atoms with Crippen LogP contribution >= 0.6 is 0 Å². The minimum atomic E-state index is -1.22. The fourth-order valence-corrected chi connectivity index (χ4v) is 2.61. The van der Waals surface area contributed by atoms with E-state index in [0.29, 0.717) is 6.42 Å². The number of alkyl carbamates (subject to hydrolysis) is 1. The number of aromatic carboxylic acids is 1. The Labute approximate surface area is 169 Å². The first-order valence-corrected chi connectivity index (χ1v) is 9.12. The number of rotatable bonds is 8. The van der Waals surface area contributed by atoms with Crippen molar-refractivity contribution in [3.05, 3.63) is 53.7 Å². The summed E-state index contributed by atoms with van der Waals surface area (Å²) in [7, 11) is 1.33. The van der Waals surface area contributed by atoms with Crippen molar-refractivity contribution < 1.29 is 28.9 Å². The van der Waals surface area contributed by atoms with Gasteiger partial charge in [-0.1, -0.05) is 30.3 Å². The molecule has 2 N–H and O–H groups in total. The second-order valence-electron chi connectivity index (χ2n) is 7.34. The van der Waals surface area contributed by atoms with Crippen molar-refractivity contribution in [3.63, 3.8) is 0 Å². The minimum absolute atomic E-state index is 0.0293. The molecule has 0 aliphatic carbocycles. The predicted octanol–water partition coefficient (Wildman–Crippen LogP) is 3.30. The van der Waals surface area contributed by atoms with E-state index in [-0.39, 0.29) is 23.8 Å². The lowest BCUT2D eigenvalue weighted by atomic mass is 10.1. The van der Waals surface area contributed by atoms with Gasteiger partial charge < -0.3 is 24.6 Å². The van der Waals surface area contributed by atoms with E-state index in [9.17, 15) is 14.7 Å². The van der Waals surface area contributed by atoms with Gasteiger partial charge in [0, 0.05) is 6.20 Å². The van der Waals surface area contributed by atoms with Crippen molar-refractivity contribution in [1.29, 1.82) is 0 Å². The molecule has 0 saturated carbocycles. The number of carboxylic acids is 1. The Morgan fingerprint density at radius 3 is 2.45 bits per heavy atom. The summed E-state index contributed by atoms with van der Waals surface area (Å²) < 4.78 is 16.1. The Balaban J connectivity index is 2.17. The molecule has 0 spiro atoms. The lowest BCUT2D eigenvalue weighted by Gasteiger charge is -2.24. The first-order valence-electron chi connectivity index (χ1n) is 9.12. The van der Waals surface area contributed by atoms with Crippen LogP contribution in [-0.4, -0.2) is 47.5 Å². The zero-order chi connectivity index (χ0) is 21.4. The van der Waals surface area contributed by atoms with Crippen molar-refractivity contribution in [2.24, 2.45) is 0 Å². The zero-order valence-corrected chi connectivity index (χ0v) is 17.0. The molecule has 29 heavy (non-hydrogen) atoms. The molecular formula is C21H26N2O6. The minimum Gasteiger partial charge on any atom is -0.490 e. The third kappa shape index (κ3) is 6.99. The van der Waals surface area contributed by atoms with Gasteiger partial charge >= 0.3 is 12.1 Å². The van der Waals surface area contributed by atoms with Gasteiger partial charge in [0.2, 0.25) is 5.88 Å². The molecule has 156 valence electrons. The maximum absolute atomic E-state index is 12.2. The summed E-state index contributed by atoms with van der Waals surface area (Å²) in [6.45, 7) is 5.36. The summed E-state index contributed by atoms with van der Waals surface area (Å²) >= 11 is 0. The molecule has 1 heterocycles. The maximum Gasteiger partial charge on any atom is 0.408 e. The molecule has 8 heteroatoms. The largest absolute Gasteiger partial charge is 0.490 e. The van der Waals surface area contributed by atoms with E-state index in [0.717, 1.165) is 5.56 Å². The van der Waals surface area contributed by atoms with Gasteiger partial charge in [-0.15, -0.1) is 0 Å². The van der Waals surface area contributed by atoms with Gasteiger partial charge in [-0.05, 0) is 38.8 Å². The molecule has 0 bridgehead atoms. The van der Waals surface area contributed by atoms with Gasteiger partial charge in [0.15, 0.2) is 5.56 Å². The monoisotopic (exact) mass is 402 g/mol. The summed E-state index contributed by atoms with van der Waals surface area (Å²) in [6, 6.07) is 10.6. The highest BCUT2D eigenvalue weighted by Crippen LogP contribution is 2.26. The first kappa shape index (κ1) is 22.0. The fraction of sp³-hybridized carbons (Fsp3) is 0.381. The molecule has 0 radical (unpaired) electrons. The number of ether oxygens (including phenoxy) is 3. The number of hydrogen-bond acceptors (Lipinski definition) is 6. The van der Waals surface area contributed by atoms with Crippen LogP contribution in [0, 0.1) is 0 Å². The summed E-state index contributed by atoms with van der Waals surface area (Å²) in [4.78, 5) is 27.7. The number of benzene rings is 1. The van der Waals surface area contributed by atoms with Crippen LogP contribution < -0.4 is 14.8 Å². The predicted molar refractivity (Wildman–Crippen MR) is 107 cm³/mol. The third-order valence-electron chi connectivity index (χ3n) is 3.77. The van der Waals surface area contributed by atoms with Crippen LogP contribution in [0.25, 0.3) is 0 Å². The summed E-state index contributed by atoms with van der Waals surface area (Å²) in [5.41, 5.74) is 0.172. The normalized spacial score (nSPS) is 12.0. The van der Waals surface area contributed by atoms with Crippen molar-refractivity contribution in [2.75, 3.05) is 13.7 Å². The van der Waals surface area contributed by atoms with E-state index in [2.05, 4.69) is 10.3 Å². The molecule has 1 aromatic carbocycles. The van der Waals surface area contributed by atoms with Gasteiger partial charge in [-0.25, -0.2) is 14.6 Å². The molecule has 8 nitrogen and oxygen atoms in total. The molecule has 1 aromatic heterocycles. The Kier molecular flexibility index (Phi) is 7.41. The Morgan fingerprint density at radius 2 is 1.86 bits per heavy atom. The number of aromatic nitrogens is 1. The number of nitrogens with one attached hydrogen (secondary N) is 1. The van der Waals surface area contributed by atoms with Gasteiger partial charge in [-0.3, -0.25) is 0 Å². The molecule has 0 fully saturated rings. The molecule has 2 rings (SSSR count). The molecule has 0 aliphatic heterocycles. The van der Waals surface area contributed by atoms with Crippen molar-refractivity contribution in [3.8, 4) is 11.6 Å². The van der Waals surface area contributed by atoms with E-state index in [1.54, 1.807) is 20.8 Å². The second-order valence-corrected chi connectivity index (χ2v) is 7.34. The Hall–Kier alpha value is -3.29. The Bertz CT molecular complexity index is 833. The fourth-order valence-electron chi connectivity index (χ4n) is 2.61. The average molecular weight is 402 g/mol. The van der Waals surface area contributed by atoms with Crippen LogP contribution in [0.3, 0.4) is 0 Å². The third-order valence-corrected chi connectivity index (χ3v) is 3.77. The number of carbonyl (C=O) groups excluding carboxylic acids is 1. The Morgan fingerprint density at radius 1 is 1.17 bits per heavy atom. The highest BCUT2D eigenvalue weighted by molar-refractivity contribution is 5.93. The second kappa shape index (κ2) is 9.77. The van der Waals surface area contributed by atoms with E-state index >= 15 is 0 Å². The smallest absolute Gasteiger partial charge is 0.408 e. The van der Waals surface area contributed by atoms with E-state index in [4.69, 9.17) is 14.2 Å². The molecular weight excluding hydrogens is 376 g/mol. The van der Waals surface area contributed by atoms with Crippen LogP contribution in [0.15, 0.2) is 42.6 Å². The van der Waals surface area contributed by atoms with Crippen molar-refractivity contribution in [1.82, 2.24) is 10.3 Å². The number of amides is 1. The molecule has 1 unspecified atom stereocenters. The molecule has 0 aliphatic rings. The van der Waals surface area contributed by atoms with E-state index in [1.807, 2.05) is 30.3 Å². The number of pyridine rings is 1. The van der Waals surface area contributed by atoms with Crippen LogP contribution in [0.4, 0.5) is 4.79 Å². The first-order chi connectivity index (χ1) is 13.7. The summed E-state index contributed by atoms with van der Waals surface area (Å²) in [5.74, 6) is -1.16. The van der Waals surface area contributed by atoms with E-state index < -0.39 is 23.7 Å². The number of carbonyl (C=O) groups is 2. The maximum atomic E-state index is 12.2. The van der Waals surface area contributed by atoms with Crippen LogP contribution in [-0.2, 0) is 11.2 Å². The number of nitrogens with zero attached hydrogens (tertiary/aromatic N) is 1. The molecule has 1 atom stereocenters. The number of hydrogen-bond donors (Lipinski definition) is 2. The summed E-state index contributed by atoms with van der Waals surface area (Å²) in [5, 5.41) is 12.3. The topological polar surface area (TPSA) is 107 Å². The van der Waals surface area contributed by atoms with Crippen LogP contribution in [0.1, 0.15) is 36.7 Å². The average Bonchev–Trinajstić information content (AvgIpc) is 2.64. The van der Waals surface area contributed by atoms with Crippen molar-refractivity contribution in [2.45, 2.75) is 38.8 Å². The highest BCUT2D eigenvalue weighted by Gasteiger charge is 2.23. The van der Waals surface area contributed by atoms with Gasteiger partial charge in [0.25, 0.3) is 0 Å².